The second-order valence-electron chi connectivity index (χ2n) is 6.57. The molecule has 3 aromatic rings. The van der Waals surface area contributed by atoms with Crippen molar-refractivity contribution in [3.05, 3.63) is 54.7 Å². The topological polar surface area (TPSA) is 94.5 Å². The van der Waals surface area contributed by atoms with E-state index in [1.807, 2.05) is 24.3 Å². The van der Waals surface area contributed by atoms with Crippen LogP contribution < -0.4 is 20.1 Å². The molecule has 4 rings (SSSR count). The maximum absolute atomic E-state index is 12.5. The quantitative estimate of drug-likeness (QED) is 0.672. The van der Waals surface area contributed by atoms with E-state index in [-0.39, 0.29) is 18.2 Å². The fourth-order valence-electron chi connectivity index (χ4n) is 3.30. The zero-order valence-corrected chi connectivity index (χ0v) is 16.0. The number of hydrogen-bond donors (Lipinski definition) is 2. The van der Waals surface area contributed by atoms with Crippen molar-refractivity contribution >= 4 is 23.3 Å². The molecule has 1 atom stereocenters. The number of anilines is 2. The van der Waals surface area contributed by atoms with E-state index in [1.54, 1.807) is 49.4 Å². The van der Waals surface area contributed by atoms with Gasteiger partial charge in [-0.3, -0.25) is 9.59 Å². The van der Waals surface area contributed by atoms with Crippen LogP contribution in [0.1, 0.15) is 12.5 Å². The van der Waals surface area contributed by atoms with Crippen LogP contribution >= 0.6 is 0 Å². The number of benzene rings is 2. The third kappa shape index (κ3) is 3.64. The monoisotopic (exact) mass is 392 g/mol. The van der Waals surface area contributed by atoms with Crippen LogP contribution in [-0.4, -0.2) is 35.8 Å². The molecule has 2 amide bonds. The van der Waals surface area contributed by atoms with Crippen molar-refractivity contribution in [3.63, 3.8) is 0 Å². The lowest BCUT2D eigenvalue weighted by Crippen LogP contribution is -2.23. The van der Waals surface area contributed by atoms with Crippen LogP contribution in [0.25, 0.3) is 11.1 Å². The SMILES string of the molecule is COc1cccc(NC(=O)CC2C(=O)Nc3c(-c4cccc(OC)c4)cnn32)c1. The fourth-order valence-corrected chi connectivity index (χ4v) is 3.30. The number of aromatic nitrogens is 2. The summed E-state index contributed by atoms with van der Waals surface area (Å²) in [6, 6.07) is 13.8. The number of carbonyl (C=O) groups excluding carboxylic acids is 2. The molecule has 0 bridgehead atoms. The number of nitrogens with one attached hydrogen (secondary N) is 2. The van der Waals surface area contributed by atoms with Gasteiger partial charge in [-0.25, -0.2) is 4.68 Å². The smallest absolute Gasteiger partial charge is 0.251 e. The van der Waals surface area contributed by atoms with E-state index in [0.29, 0.717) is 23.0 Å². The lowest BCUT2D eigenvalue weighted by Gasteiger charge is -2.10. The van der Waals surface area contributed by atoms with Crippen LogP contribution in [0.4, 0.5) is 11.5 Å². The molecule has 2 heterocycles. The van der Waals surface area contributed by atoms with Crippen molar-refractivity contribution in [2.24, 2.45) is 0 Å². The number of rotatable bonds is 6. The van der Waals surface area contributed by atoms with E-state index in [2.05, 4.69) is 15.7 Å². The van der Waals surface area contributed by atoms with Crippen LogP contribution in [0.5, 0.6) is 11.5 Å². The molecule has 8 nitrogen and oxygen atoms in total. The number of ether oxygens (including phenoxy) is 2. The van der Waals surface area contributed by atoms with Crippen LogP contribution in [0.3, 0.4) is 0 Å². The number of hydrogen-bond acceptors (Lipinski definition) is 5. The Kier molecular flexibility index (Phi) is 4.90. The van der Waals surface area contributed by atoms with E-state index < -0.39 is 6.04 Å². The van der Waals surface area contributed by atoms with Crippen LogP contribution in [0.15, 0.2) is 54.7 Å². The molecular formula is C21H20N4O4. The molecule has 1 aliphatic heterocycles. The van der Waals surface area contributed by atoms with Gasteiger partial charge in [-0.05, 0) is 29.8 Å². The van der Waals surface area contributed by atoms with Crippen molar-refractivity contribution < 1.29 is 19.1 Å². The van der Waals surface area contributed by atoms with Gasteiger partial charge < -0.3 is 20.1 Å². The van der Waals surface area contributed by atoms with Gasteiger partial charge in [0.1, 0.15) is 23.4 Å². The Labute approximate surface area is 167 Å². The highest BCUT2D eigenvalue weighted by molar-refractivity contribution is 6.04. The summed E-state index contributed by atoms with van der Waals surface area (Å²) in [5, 5.41) is 9.97. The third-order valence-corrected chi connectivity index (χ3v) is 4.75. The lowest BCUT2D eigenvalue weighted by atomic mass is 10.1. The van der Waals surface area contributed by atoms with Gasteiger partial charge in [0.15, 0.2) is 0 Å². The molecule has 0 fully saturated rings. The Bertz CT molecular complexity index is 1080. The summed E-state index contributed by atoms with van der Waals surface area (Å²) in [5.41, 5.74) is 2.24. The molecule has 0 radical (unpaired) electrons. The minimum atomic E-state index is -0.713. The van der Waals surface area contributed by atoms with E-state index >= 15 is 0 Å². The van der Waals surface area contributed by atoms with E-state index in [4.69, 9.17) is 9.47 Å². The molecular weight excluding hydrogens is 372 g/mol. The van der Waals surface area contributed by atoms with Crippen molar-refractivity contribution in [1.29, 1.82) is 0 Å². The molecule has 1 aliphatic rings. The van der Waals surface area contributed by atoms with Crippen molar-refractivity contribution in [1.82, 2.24) is 9.78 Å². The molecule has 0 spiro atoms. The molecule has 0 saturated carbocycles. The maximum atomic E-state index is 12.5. The number of nitrogens with zero attached hydrogens (tertiary/aromatic N) is 2. The van der Waals surface area contributed by atoms with Gasteiger partial charge in [0.05, 0.1) is 26.8 Å². The minimum Gasteiger partial charge on any atom is -0.497 e. The van der Waals surface area contributed by atoms with Crippen molar-refractivity contribution in [2.45, 2.75) is 12.5 Å². The summed E-state index contributed by atoms with van der Waals surface area (Å²) in [4.78, 5) is 25.0. The zero-order chi connectivity index (χ0) is 20.4. The third-order valence-electron chi connectivity index (χ3n) is 4.75. The average Bonchev–Trinajstić information content (AvgIpc) is 3.27. The standard InChI is InChI=1S/C21H20N4O4/c1-28-15-7-3-5-13(9-15)17-12-22-25-18(21(27)24-20(17)25)11-19(26)23-14-6-4-8-16(10-14)29-2/h3-10,12,18H,11H2,1-2H3,(H,23,26)(H,24,27). The fraction of sp³-hybridized carbons (Fsp3) is 0.190. The highest BCUT2D eigenvalue weighted by Crippen LogP contribution is 2.36. The second-order valence-corrected chi connectivity index (χ2v) is 6.57. The normalized spacial score (nSPS) is 14.8. The Hall–Kier alpha value is -3.81. The summed E-state index contributed by atoms with van der Waals surface area (Å²) >= 11 is 0. The highest BCUT2D eigenvalue weighted by Gasteiger charge is 2.35. The molecule has 8 heteroatoms. The zero-order valence-electron chi connectivity index (χ0n) is 16.0. The first-order valence-electron chi connectivity index (χ1n) is 9.05. The van der Waals surface area contributed by atoms with Gasteiger partial charge in [0, 0.05) is 17.3 Å². The number of methoxy groups -OCH3 is 2. The number of amides is 2. The van der Waals surface area contributed by atoms with Crippen LogP contribution in [0, 0.1) is 0 Å². The molecule has 0 aliphatic carbocycles. The Morgan fingerprint density at radius 1 is 1.14 bits per heavy atom. The van der Waals surface area contributed by atoms with Gasteiger partial charge in [-0.1, -0.05) is 18.2 Å². The summed E-state index contributed by atoms with van der Waals surface area (Å²) in [6.07, 6.45) is 1.64. The van der Waals surface area contributed by atoms with Crippen molar-refractivity contribution in [2.75, 3.05) is 24.9 Å². The number of fused-ring (bicyclic) bond motifs is 1. The summed E-state index contributed by atoms with van der Waals surface area (Å²) in [5.74, 6) is 1.37. The molecule has 0 saturated heterocycles. The Morgan fingerprint density at radius 2 is 1.86 bits per heavy atom. The first-order valence-corrected chi connectivity index (χ1v) is 9.05. The summed E-state index contributed by atoms with van der Waals surface area (Å²) in [6.45, 7) is 0. The van der Waals surface area contributed by atoms with Gasteiger partial charge in [-0.15, -0.1) is 0 Å². The van der Waals surface area contributed by atoms with E-state index in [0.717, 1.165) is 11.1 Å². The van der Waals surface area contributed by atoms with Gasteiger partial charge >= 0.3 is 0 Å². The first kappa shape index (κ1) is 18.5. The molecule has 2 aromatic carbocycles. The van der Waals surface area contributed by atoms with Gasteiger partial charge in [0.25, 0.3) is 5.91 Å². The van der Waals surface area contributed by atoms with Crippen LogP contribution in [0.2, 0.25) is 0 Å². The molecule has 1 unspecified atom stereocenters. The molecule has 2 N–H and O–H groups in total. The van der Waals surface area contributed by atoms with Gasteiger partial charge in [-0.2, -0.15) is 5.10 Å². The summed E-state index contributed by atoms with van der Waals surface area (Å²) < 4.78 is 12.0. The minimum absolute atomic E-state index is 0.0325. The Balaban J connectivity index is 1.53. The van der Waals surface area contributed by atoms with Gasteiger partial charge in [0.2, 0.25) is 5.91 Å². The first-order chi connectivity index (χ1) is 14.1. The van der Waals surface area contributed by atoms with Crippen molar-refractivity contribution in [3.8, 4) is 22.6 Å². The average molecular weight is 392 g/mol. The maximum Gasteiger partial charge on any atom is 0.251 e. The molecule has 1 aromatic heterocycles. The molecule has 148 valence electrons. The van der Waals surface area contributed by atoms with E-state index in [9.17, 15) is 9.59 Å². The molecule has 29 heavy (non-hydrogen) atoms. The number of carbonyl (C=O) groups is 2. The second kappa shape index (κ2) is 7.67. The highest BCUT2D eigenvalue weighted by atomic mass is 16.5. The lowest BCUT2D eigenvalue weighted by molar-refractivity contribution is -0.123. The largest absolute Gasteiger partial charge is 0.497 e. The van der Waals surface area contributed by atoms with Crippen LogP contribution in [-0.2, 0) is 9.59 Å². The van der Waals surface area contributed by atoms with E-state index in [1.165, 1.54) is 0 Å². The predicted molar refractivity (Wildman–Crippen MR) is 108 cm³/mol. The summed E-state index contributed by atoms with van der Waals surface area (Å²) in [7, 11) is 3.16. The predicted octanol–water partition coefficient (Wildman–Crippen LogP) is 3.09. The Morgan fingerprint density at radius 3 is 2.62 bits per heavy atom.